The van der Waals surface area contributed by atoms with Crippen LogP contribution < -0.4 is 5.32 Å². The Morgan fingerprint density at radius 3 is 2.74 bits per heavy atom. The Hall–Kier alpha value is -1.20. The zero-order valence-electron chi connectivity index (χ0n) is 13.3. The van der Waals surface area contributed by atoms with E-state index in [2.05, 4.69) is 5.32 Å². The molecule has 1 saturated carbocycles. The van der Waals surface area contributed by atoms with E-state index in [4.69, 9.17) is 16.3 Å². The number of benzene rings is 1. The topological polar surface area (TPSA) is 55.4 Å². The third kappa shape index (κ3) is 5.74. The minimum Gasteiger partial charge on any atom is -0.452 e. The van der Waals surface area contributed by atoms with Crippen molar-refractivity contribution in [3.05, 3.63) is 28.8 Å². The fourth-order valence-electron chi connectivity index (χ4n) is 2.70. The molecule has 0 radical (unpaired) electrons. The average Bonchev–Trinajstić information content (AvgIpc) is 2.59. The Morgan fingerprint density at radius 2 is 2.04 bits per heavy atom. The second-order valence-corrected chi connectivity index (χ2v) is 7.02. The number of amides is 1. The van der Waals surface area contributed by atoms with Gasteiger partial charge in [0.2, 0.25) is 0 Å². The number of carbonyl (C=O) groups is 2. The van der Waals surface area contributed by atoms with Crippen LogP contribution in [0.2, 0.25) is 5.02 Å². The highest BCUT2D eigenvalue weighted by atomic mass is 35.5. The lowest BCUT2D eigenvalue weighted by atomic mass is 9.89. The summed E-state index contributed by atoms with van der Waals surface area (Å²) in [7, 11) is 0. The highest BCUT2D eigenvalue weighted by molar-refractivity contribution is 7.98. The molecule has 0 aliphatic heterocycles. The van der Waals surface area contributed by atoms with E-state index in [0.717, 1.165) is 17.7 Å². The Balaban J connectivity index is 1.78. The number of hydrogen-bond acceptors (Lipinski definition) is 4. The first kappa shape index (κ1) is 18.1. The Morgan fingerprint density at radius 1 is 1.30 bits per heavy atom. The van der Waals surface area contributed by atoms with Gasteiger partial charge >= 0.3 is 5.97 Å². The van der Waals surface area contributed by atoms with Gasteiger partial charge in [-0.3, -0.25) is 4.79 Å². The van der Waals surface area contributed by atoms with E-state index in [1.807, 2.05) is 12.3 Å². The van der Waals surface area contributed by atoms with Crippen LogP contribution in [0.15, 0.2) is 23.1 Å². The van der Waals surface area contributed by atoms with Gasteiger partial charge < -0.3 is 10.1 Å². The molecule has 0 unspecified atom stereocenters. The summed E-state index contributed by atoms with van der Waals surface area (Å²) in [5, 5.41) is 3.17. The predicted molar refractivity (Wildman–Crippen MR) is 93.1 cm³/mol. The van der Waals surface area contributed by atoms with E-state index in [-0.39, 0.29) is 12.5 Å². The zero-order valence-corrected chi connectivity index (χ0v) is 14.8. The first-order valence-electron chi connectivity index (χ1n) is 7.87. The summed E-state index contributed by atoms with van der Waals surface area (Å²) in [6.45, 7) is 0.393. The van der Waals surface area contributed by atoms with Crippen LogP contribution in [0.3, 0.4) is 0 Å². The molecule has 1 aliphatic rings. The van der Waals surface area contributed by atoms with Gasteiger partial charge in [-0.2, -0.15) is 0 Å². The largest absolute Gasteiger partial charge is 0.452 e. The van der Waals surface area contributed by atoms with Gasteiger partial charge in [-0.15, -0.1) is 11.8 Å². The molecule has 1 aromatic rings. The summed E-state index contributed by atoms with van der Waals surface area (Å²) < 4.78 is 5.07. The molecule has 23 heavy (non-hydrogen) atoms. The van der Waals surface area contributed by atoms with Crippen molar-refractivity contribution in [1.82, 2.24) is 5.32 Å². The second kappa shape index (κ2) is 9.18. The van der Waals surface area contributed by atoms with Crippen molar-refractivity contribution in [3.8, 4) is 0 Å². The molecule has 1 amide bonds. The molecule has 126 valence electrons. The van der Waals surface area contributed by atoms with E-state index < -0.39 is 5.97 Å². The summed E-state index contributed by atoms with van der Waals surface area (Å²) in [4.78, 5) is 24.8. The van der Waals surface area contributed by atoms with Crippen molar-refractivity contribution in [2.24, 2.45) is 5.92 Å². The van der Waals surface area contributed by atoms with Crippen molar-refractivity contribution in [2.45, 2.75) is 37.0 Å². The lowest BCUT2D eigenvalue weighted by Gasteiger charge is -2.21. The molecule has 0 spiro atoms. The summed E-state index contributed by atoms with van der Waals surface area (Å²) in [5.74, 6) is -0.282. The van der Waals surface area contributed by atoms with E-state index >= 15 is 0 Å². The Bertz CT molecular complexity index is 559. The maximum atomic E-state index is 12.0. The predicted octanol–water partition coefficient (Wildman–Crippen LogP) is 3.92. The molecule has 0 heterocycles. The number of thioether (sulfide) groups is 1. The highest BCUT2D eigenvalue weighted by Gasteiger charge is 2.17. The third-order valence-electron chi connectivity index (χ3n) is 4.04. The summed E-state index contributed by atoms with van der Waals surface area (Å²) >= 11 is 7.53. The maximum absolute atomic E-state index is 12.0. The molecule has 1 aromatic carbocycles. The number of nitrogens with one attached hydrogen (secondary N) is 1. The zero-order chi connectivity index (χ0) is 16.7. The molecule has 1 N–H and O–H groups in total. The van der Waals surface area contributed by atoms with Crippen molar-refractivity contribution in [3.63, 3.8) is 0 Å². The van der Waals surface area contributed by atoms with Gasteiger partial charge in [0.15, 0.2) is 6.61 Å². The van der Waals surface area contributed by atoms with Crippen LogP contribution in [0.1, 0.15) is 42.5 Å². The maximum Gasteiger partial charge on any atom is 0.340 e. The van der Waals surface area contributed by atoms with E-state index in [1.54, 1.807) is 12.1 Å². The minimum absolute atomic E-state index is 0.263. The second-order valence-electron chi connectivity index (χ2n) is 5.73. The van der Waals surface area contributed by atoms with Crippen LogP contribution in [0, 0.1) is 5.92 Å². The van der Waals surface area contributed by atoms with Crippen molar-refractivity contribution < 1.29 is 14.3 Å². The third-order valence-corrected chi connectivity index (χ3v) is 5.10. The average molecular weight is 356 g/mol. The number of rotatable bonds is 6. The van der Waals surface area contributed by atoms with Gasteiger partial charge in [0.05, 0.1) is 10.6 Å². The first-order valence-corrected chi connectivity index (χ1v) is 9.47. The van der Waals surface area contributed by atoms with Crippen molar-refractivity contribution >= 4 is 35.2 Å². The highest BCUT2D eigenvalue weighted by Crippen LogP contribution is 2.24. The number of esters is 1. The van der Waals surface area contributed by atoms with Crippen LogP contribution >= 0.6 is 23.4 Å². The van der Waals surface area contributed by atoms with Gasteiger partial charge in [-0.25, -0.2) is 4.79 Å². The lowest BCUT2D eigenvalue weighted by molar-refractivity contribution is -0.124. The number of halogens is 1. The molecule has 0 saturated heterocycles. The normalized spacial score (nSPS) is 15.2. The van der Waals surface area contributed by atoms with Crippen LogP contribution in [0.25, 0.3) is 0 Å². The van der Waals surface area contributed by atoms with Gasteiger partial charge in [0.25, 0.3) is 5.91 Å². The van der Waals surface area contributed by atoms with E-state index in [9.17, 15) is 9.59 Å². The van der Waals surface area contributed by atoms with Gasteiger partial charge in [-0.1, -0.05) is 30.9 Å². The summed E-state index contributed by atoms with van der Waals surface area (Å²) in [5.41, 5.74) is 0.290. The quantitative estimate of drug-likeness (QED) is 0.620. The van der Waals surface area contributed by atoms with E-state index in [0.29, 0.717) is 23.0 Å². The molecule has 0 aromatic heterocycles. The van der Waals surface area contributed by atoms with Crippen LogP contribution in [-0.2, 0) is 9.53 Å². The molecule has 0 atom stereocenters. The molecular weight excluding hydrogens is 334 g/mol. The van der Waals surface area contributed by atoms with Crippen molar-refractivity contribution in [2.75, 3.05) is 19.4 Å². The van der Waals surface area contributed by atoms with Crippen LogP contribution in [-0.4, -0.2) is 31.3 Å². The minimum atomic E-state index is -0.571. The molecule has 2 rings (SSSR count). The fraction of sp³-hybridized carbons (Fsp3) is 0.529. The molecule has 1 aliphatic carbocycles. The molecule has 0 bridgehead atoms. The van der Waals surface area contributed by atoms with Crippen LogP contribution in [0.5, 0.6) is 0 Å². The Labute approximate surface area is 146 Å². The van der Waals surface area contributed by atoms with Gasteiger partial charge in [0.1, 0.15) is 0 Å². The van der Waals surface area contributed by atoms with Crippen molar-refractivity contribution in [1.29, 1.82) is 0 Å². The standard InChI is InChI=1S/C17H22ClNO3S/c1-23-13-7-8-15(18)14(9-13)17(21)22-11-16(20)19-10-12-5-3-2-4-6-12/h7-9,12H,2-6,10-11H2,1H3,(H,19,20). The monoisotopic (exact) mass is 355 g/mol. The Kier molecular flexibility index (Phi) is 7.24. The van der Waals surface area contributed by atoms with Crippen LogP contribution in [0.4, 0.5) is 0 Å². The summed E-state index contributed by atoms with van der Waals surface area (Å²) in [6, 6.07) is 5.17. The first-order chi connectivity index (χ1) is 11.1. The number of hydrogen-bond donors (Lipinski definition) is 1. The number of ether oxygens (including phenoxy) is 1. The molecule has 6 heteroatoms. The summed E-state index contributed by atoms with van der Waals surface area (Å²) in [6.07, 6.45) is 8.00. The number of carbonyl (C=O) groups excluding carboxylic acids is 2. The van der Waals surface area contributed by atoms with Gasteiger partial charge in [-0.05, 0) is 43.2 Å². The smallest absolute Gasteiger partial charge is 0.340 e. The molecule has 4 nitrogen and oxygen atoms in total. The van der Waals surface area contributed by atoms with Gasteiger partial charge in [0, 0.05) is 11.4 Å². The lowest BCUT2D eigenvalue weighted by Crippen LogP contribution is -2.33. The molecular formula is C17H22ClNO3S. The fourth-order valence-corrected chi connectivity index (χ4v) is 3.33. The molecule has 1 fully saturated rings. The SMILES string of the molecule is CSc1ccc(Cl)c(C(=O)OCC(=O)NCC2CCCCC2)c1. The van der Waals surface area contributed by atoms with E-state index in [1.165, 1.54) is 31.0 Å².